The van der Waals surface area contributed by atoms with Gasteiger partial charge in [-0.15, -0.1) is 11.3 Å². The fourth-order valence-corrected chi connectivity index (χ4v) is 5.46. The van der Waals surface area contributed by atoms with E-state index in [1.165, 1.54) is 4.70 Å². The number of nitrogens with zero attached hydrogens (tertiary/aromatic N) is 1. The van der Waals surface area contributed by atoms with Crippen molar-refractivity contribution in [3.8, 4) is 0 Å². The zero-order valence-electron chi connectivity index (χ0n) is 14.7. The molecule has 0 radical (unpaired) electrons. The molecule has 1 saturated heterocycles. The van der Waals surface area contributed by atoms with Crippen LogP contribution in [0.5, 0.6) is 0 Å². The Morgan fingerprint density at radius 1 is 1.44 bits per heavy atom. The molecule has 1 aliphatic heterocycles. The van der Waals surface area contributed by atoms with Crippen LogP contribution in [0.4, 0.5) is 0 Å². The van der Waals surface area contributed by atoms with Gasteiger partial charge in [-0.05, 0) is 25.0 Å². The van der Waals surface area contributed by atoms with Gasteiger partial charge in [-0.25, -0.2) is 4.98 Å². The second-order valence-electron chi connectivity index (χ2n) is 7.71. The van der Waals surface area contributed by atoms with Crippen molar-refractivity contribution in [1.29, 1.82) is 0 Å². The average Bonchev–Trinajstić information content (AvgIpc) is 3.03. The quantitative estimate of drug-likeness (QED) is 0.879. The van der Waals surface area contributed by atoms with Crippen molar-refractivity contribution >= 4 is 27.5 Å². The third-order valence-electron chi connectivity index (χ3n) is 6.02. The van der Waals surface area contributed by atoms with E-state index in [4.69, 9.17) is 10.5 Å². The number of benzene rings is 1. The van der Waals surface area contributed by atoms with Crippen molar-refractivity contribution < 1.29 is 9.53 Å². The van der Waals surface area contributed by atoms with Crippen LogP contribution in [0.3, 0.4) is 0 Å². The molecule has 2 aromatic rings. The fourth-order valence-electron chi connectivity index (χ4n) is 4.49. The molecule has 0 bridgehead atoms. The van der Waals surface area contributed by atoms with E-state index in [0.717, 1.165) is 36.4 Å². The summed E-state index contributed by atoms with van der Waals surface area (Å²) in [5, 5.41) is 4.09. The molecule has 1 aliphatic carbocycles. The molecule has 5 nitrogen and oxygen atoms in total. The normalized spacial score (nSPS) is 30.5. The molecule has 3 unspecified atom stereocenters. The number of nitrogens with one attached hydrogen (secondary N) is 1. The second-order valence-corrected chi connectivity index (χ2v) is 8.83. The highest BCUT2D eigenvalue weighted by Gasteiger charge is 2.70. The monoisotopic (exact) mass is 359 g/mol. The zero-order valence-corrected chi connectivity index (χ0v) is 15.6. The first kappa shape index (κ1) is 16.9. The van der Waals surface area contributed by atoms with E-state index in [2.05, 4.69) is 16.4 Å². The SMILES string of the molecule is CC1(C)C2OCCCC2C1(N)C(=O)NCCc1nc2ccccc2s1. The number of hydrogen-bond acceptors (Lipinski definition) is 5. The smallest absolute Gasteiger partial charge is 0.241 e. The molecule has 1 saturated carbocycles. The fraction of sp³-hybridized carbons (Fsp3) is 0.579. The minimum atomic E-state index is -0.842. The maximum Gasteiger partial charge on any atom is 0.241 e. The highest BCUT2D eigenvalue weighted by atomic mass is 32.1. The number of nitrogens with two attached hydrogens (primary N) is 1. The van der Waals surface area contributed by atoms with Crippen LogP contribution < -0.4 is 11.1 Å². The Hall–Kier alpha value is -1.50. The van der Waals surface area contributed by atoms with E-state index in [-0.39, 0.29) is 23.3 Å². The third kappa shape index (κ3) is 2.50. The van der Waals surface area contributed by atoms with E-state index in [1.807, 2.05) is 32.0 Å². The Bertz CT molecular complexity index is 770. The van der Waals surface area contributed by atoms with E-state index in [9.17, 15) is 4.79 Å². The van der Waals surface area contributed by atoms with Crippen LogP contribution in [0.1, 0.15) is 31.7 Å². The molecule has 2 aliphatic rings. The van der Waals surface area contributed by atoms with Crippen LogP contribution in [-0.4, -0.2) is 35.7 Å². The summed E-state index contributed by atoms with van der Waals surface area (Å²) in [6.07, 6.45) is 2.78. The van der Waals surface area contributed by atoms with Gasteiger partial charge in [0.1, 0.15) is 5.54 Å². The summed E-state index contributed by atoms with van der Waals surface area (Å²) in [4.78, 5) is 17.5. The van der Waals surface area contributed by atoms with Crippen molar-refractivity contribution in [2.75, 3.05) is 13.2 Å². The van der Waals surface area contributed by atoms with Gasteiger partial charge in [-0.3, -0.25) is 4.79 Å². The first-order valence-electron chi connectivity index (χ1n) is 8.98. The summed E-state index contributed by atoms with van der Waals surface area (Å²) in [6.45, 7) is 5.44. The Morgan fingerprint density at radius 2 is 2.24 bits per heavy atom. The molecule has 6 heteroatoms. The molecule has 1 aromatic heterocycles. The second kappa shape index (κ2) is 6.04. The predicted molar refractivity (Wildman–Crippen MR) is 99.5 cm³/mol. The maximum absolute atomic E-state index is 12.9. The van der Waals surface area contributed by atoms with Crippen LogP contribution in [-0.2, 0) is 16.0 Å². The van der Waals surface area contributed by atoms with Crippen molar-refractivity contribution in [3.05, 3.63) is 29.3 Å². The molecule has 1 amide bonds. The summed E-state index contributed by atoms with van der Waals surface area (Å²) < 4.78 is 7.06. The highest BCUT2D eigenvalue weighted by Crippen LogP contribution is 2.57. The molecule has 25 heavy (non-hydrogen) atoms. The molecule has 134 valence electrons. The van der Waals surface area contributed by atoms with E-state index in [1.54, 1.807) is 11.3 Å². The molecule has 0 spiro atoms. The lowest BCUT2D eigenvalue weighted by molar-refractivity contribution is -0.225. The number of carbonyl (C=O) groups is 1. The Balaban J connectivity index is 1.40. The minimum absolute atomic E-state index is 0.0506. The molecule has 1 aromatic carbocycles. The van der Waals surface area contributed by atoms with Crippen molar-refractivity contribution in [1.82, 2.24) is 10.3 Å². The molecule has 2 heterocycles. The lowest BCUT2D eigenvalue weighted by Crippen LogP contribution is -2.82. The van der Waals surface area contributed by atoms with Crippen LogP contribution in [0, 0.1) is 11.3 Å². The summed E-state index contributed by atoms with van der Waals surface area (Å²) in [7, 11) is 0. The Kier molecular flexibility index (Phi) is 4.09. The van der Waals surface area contributed by atoms with Crippen LogP contribution in [0.25, 0.3) is 10.2 Å². The number of carbonyl (C=O) groups excluding carboxylic acids is 1. The van der Waals surface area contributed by atoms with Crippen LogP contribution in [0.15, 0.2) is 24.3 Å². The highest BCUT2D eigenvalue weighted by molar-refractivity contribution is 7.18. The standard InChI is InChI=1S/C19H25N3O2S/c1-18(2)16-12(6-5-11-24-16)19(18,20)17(23)21-10-9-15-22-13-7-3-4-8-14(13)25-15/h3-4,7-8,12,16H,5-6,9-11,20H2,1-2H3,(H,21,23). The topological polar surface area (TPSA) is 77.2 Å². The largest absolute Gasteiger partial charge is 0.377 e. The molecule has 3 atom stereocenters. The molecular weight excluding hydrogens is 334 g/mol. The minimum Gasteiger partial charge on any atom is -0.377 e. The van der Waals surface area contributed by atoms with E-state index >= 15 is 0 Å². The van der Waals surface area contributed by atoms with Crippen LogP contribution >= 0.6 is 11.3 Å². The first-order chi connectivity index (χ1) is 11.9. The van der Waals surface area contributed by atoms with Gasteiger partial charge in [-0.2, -0.15) is 0 Å². The predicted octanol–water partition coefficient (Wildman–Crippen LogP) is 2.49. The number of amides is 1. The maximum atomic E-state index is 12.9. The number of fused-ring (bicyclic) bond motifs is 2. The van der Waals surface area contributed by atoms with Gasteiger partial charge in [0.15, 0.2) is 0 Å². The summed E-state index contributed by atoms with van der Waals surface area (Å²) in [5.41, 5.74) is 6.46. The van der Waals surface area contributed by atoms with Crippen LogP contribution in [0.2, 0.25) is 0 Å². The number of aromatic nitrogens is 1. The van der Waals surface area contributed by atoms with Crippen molar-refractivity contribution in [2.45, 2.75) is 44.8 Å². The third-order valence-corrected chi connectivity index (χ3v) is 7.12. The summed E-state index contributed by atoms with van der Waals surface area (Å²) in [5.74, 6) is 0.0732. The Labute approximate surface area is 152 Å². The van der Waals surface area contributed by atoms with E-state index in [0.29, 0.717) is 6.54 Å². The average molecular weight is 359 g/mol. The van der Waals surface area contributed by atoms with E-state index < -0.39 is 5.54 Å². The molecular formula is C19H25N3O2S. The van der Waals surface area contributed by atoms with Gasteiger partial charge in [0, 0.05) is 30.9 Å². The zero-order chi connectivity index (χ0) is 17.7. The summed E-state index contributed by atoms with van der Waals surface area (Å²) in [6, 6.07) is 8.10. The number of rotatable bonds is 4. The van der Waals surface area contributed by atoms with Gasteiger partial charge < -0.3 is 15.8 Å². The van der Waals surface area contributed by atoms with Gasteiger partial charge in [-0.1, -0.05) is 26.0 Å². The number of thiazole rings is 1. The Morgan fingerprint density at radius 3 is 3.04 bits per heavy atom. The van der Waals surface area contributed by atoms with Gasteiger partial charge in [0.25, 0.3) is 0 Å². The van der Waals surface area contributed by atoms with Gasteiger partial charge in [0.05, 0.1) is 21.3 Å². The number of ether oxygens (including phenoxy) is 1. The van der Waals surface area contributed by atoms with Gasteiger partial charge >= 0.3 is 0 Å². The summed E-state index contributed by atoms with van der Waals surface area (Å²) >= 11 is 1.68. The van der Waals surface area contributed by atoms with Gasteiger partial charge in [0.2, 0.25) is 5.91 Å². The van der Waals surface area contributed by atoms with Crippen molar-refractivity contribution in [2.24, 2.45) is 17.1 Å². The molecule has 4 rings (SSSR count). The molecule has 2 fully saturated rings. The number of hydrogen-bond donors (Lipinski definition) is 2. The molecule has 3 N–H and O–H groups in total. The number of para-hydroxylation sites is 1. The lowest BCUT2D eigenvalue weighted by atomic mass is 9.46. The van der Waals surface area contributed by atoms with Crippen molar-refractivity contribution in [3.63, 3.8) is 0 Å². The lowest BCUT2D eigenvalue weighted by Gasteiger charge is -2.65. The first-order valence-corrected chi connectivity index (χ1v) is 9.79.